The number of unbranched alkanes of at least 4 members (excludes halogenated alkanes) is 1. The third-order valence-corrected chi connectivity index (χ3v) is 2.59. The zero-order valence-electron chi connectivity index (χ0n) is 8.88. The number of ketones is 1. The third-order valence-electron chi connectivity index (χ3n) is 1.89. The van der Waals surface area contributed by atoms with Crippen molar-refractivity contribution in [1.82, 2.24) is 0 Å². The molecule has 0 amide bonds. The molecule has 0 fully saturated rings. The SMILES string of the molecule is COC(=O)CCC(=O)CCCCSC. The third kappa shape index (κ3) is 8.10. The molecule has 82 valence electrons. The van der Waals surface area contributed by atoms with Gasteiger partial charge in [0.1, 0.15) is 5.78 Å². The monoisotopic (exact) mass is 218 g/mol. The van der Waals surface area contributed by atoms with Crippen molar-refractivity contribution < 1.29 is 14.3 Å². The van der Waals surface area contributed by atoms with Gasteiger partial charge in [0, 0.05) is 12.8 Å². The first kappa shape index (κ1) is 13.5. The Bertz CT molecular complexity index is 180. The Hall–Kier alpha value is -0.510. The number of esters is 1. The average Bonchev–Trinajstić information content (AvgIpc) is 2.21. The molecule has 0 aromatic heterocycles. The van der Waals surface area contributed by atoms with Crippen LogP contribution < -0.4 is 0 Å². The first-order valence-corrected chi connectivity index (χ1v) is 6.17. The molecule has 0 aromatic rings. The summed E-state index contributed by atoms with van der Waals surface area (Å²) in [6, 6.07) is 0. The molecule has 0 unspecified atom stereocenters. The van der Waals surface area contributed by atoms with Crippen LogP contribution in [-0.4, -0.2) is 30.9 Å². The fraction of sp³-hybridized carbons (Fsp3) is 0.800. The van der Waals surface area contributed by atoms with E-state index in [9.17, 15) is 9.59 Å². The Morgan fingerprint density at radius 2 is 1.86 bits per heavy atom. The van der Waals surface area contributed by atoms with Gasteiger partial charge in [-0.2, -0.15) is 11.8 Å². The van der Waals surface area contributed by atoms with Crippen molar-refractivity contribution in [3.8, 4) is 0 Å². The molecule has 0 N–H and O–H groups in total. The molecule has 4 heteroatoms. The normalized spacial score (nSPS) is 9.86. The molecule has 0 aromatic carbocycles. The van der Waals surface area contributed by atoms with E-state index in [1.807, 2.05) is 0 Å². The van der Waals surface area contributed by atoms with Crippen molar-refractivity contribution in [3.63, 3.8) is 0 Å². The number of thioether (sulfide) groups is 1. The molecule has 3 nitrogen and oxygen atoms in total. The van der Waals surface area contributed by atoms with Gasteiger partial charge >= 0.3 is 5.97 Å². The number of hydrogen-bond acceptors (Lipinski definition) is 4. The smallest absolute Gasteiger partial charge is 0.305 e. The highest BCUT2D eigenvalue weighted by Crippen LogP contribution is 2.05. The highest BCUT2D eigenvalue weighted by atomic mass is 32.2. The van der Waals surface area contributed by atoms with Crippen molar-refractivity contribution in [3.05, 3.63) is 0 Å². The van der Waals surface area contributed by atoms with Gasteiger partial charge in [0.05, 0.1) is 13.5 Å². The zero-order valence-corrected chi connectivity index (χ0v) is 9.69. The van der Waals surface area contributed by atoms with E-state index in [4.69, 9.17) is 0 Å². The summed E-state index contributed by atoms with van der Waals surface area (Å²) in [5.74, 6) is 0.962. The van der Waals surface area contributed by atoms with Crippen molar-refractivity contribution in [2.24, 2.45) is 0 Å². The molecule has 0 saturated carbocycles. The van der Waals surface area contributed by atoms with Gasteiger partial charge in [-0.05, 0) is 24.9 Å². The zero-order chi connectivity index (χ0) is 10.8. The first-order chi connectivity index (χ1) is 6.70. The predicted octanol–water partition coefficient (Wildman–Crippen LogP) is 2.04. The van der Waals surface area contributed by atoms with Crippen LogP contribution in [-0.2, 0) is 14.3 Å². The Morgan fingerprint density at radius 3 is 2.43 bits per heavy atom. The number of Topliss-reactive ketones (excluding diaryl/α,β-unsaturated/α-hetero) is 1. The fourth-order valence-electron chi connectivity index (χ4n) is 1.04. The first-order valence-electron chi connectivity index (χ1n) is 4.78. The Balaban J connectivity index is 3.32. The summed E-state index contributed by atoms with van der Waals surface area (Å²) in [4.78, 5) is 21.9. The van der Waals surface area contributed by atoms with Gasteiger partial charge in [-0.3, -0.25) is 9.59 Å². The van der Waals surface area contributed by atoms with Gasteiger partial charge in [0.15, 0.2) is 0 Å². The van der Waals surface area contributed by atoms with E-state index < -0.39 is 0 Å². The molecule has 0 heterocycles. The minimum Gasteiger partial charge on any atom is -0.469 e. The molecule has 0 saturated heterocycles. The van der Waals surface area contributed by atoms with E-state index in [-0.39, 0.29) is 18.2 Å². The van der Waals surface area contributed by atoms with Gasteiger partial charge in [-0.25, -0.2) is 0 Å². The molecule has 0 atom stereocenters. The summed E-state index contributed by atoms with van der Waals surface area (Å²) in [5, 5.41) is 0. The van der Waals surface area contributed by atoms with Gasteiger partial charge in [0.25, 0.3) is 0 Å². The van der Waals surface area contributed by atoms with E-state index in [2.05, 4.69) is 11.0 Å². The summed E-state index contributed by atoms with van der Waals surface area (Å²) in [5.41, 5.74) is 0. The van der Waals surface area contributed by atoms with E-state index >= 15 is 0 Å². The molecule has 14 heavy (non-hydrogen) atoms. The van der Waals surface area contributed by atoms with Gasteiger partial charge < -0.3 is 4.74 Å². The molecule has 0 aliphatic carbocycles. The highest BCUT2D eigenvalue weighted by molar-refractivity contribution is 7.98. The van der Waals surface area contributed by atoms with Crippen LogP contribution >= 0.6 is 11.8 Å². The van der Waals surface area contributed by atoms with Gasteiger partial charge in [-0.15, -0.1) is 0 Å². The molecular weight excluding hydrogens is 200 g/mol. The van der Waals surface area contributed by atoms with Gasteiger partial charge in [-0.1, -0.05) is 0 Å². The minimum absolute atomic E-state index is 0.163. The van der Waals surface area contributed by atoms with E-state index in [1.54, 1.807) is 11.8 Å². The Labute approximate surface area is 89.6 Å². The van der Waals surface area contributed by atoms with E-state index in [0.29, 0.717) is 12.8 Å². The number of ether oxygens (including phenoxy) is 1. The quantitative estimate of drug-likeness (QED) is 0.462. The van der Waals surface area contributed by atoms with Gasteiger partial charge in [0.2, 0.25) is 0 Å². The van der Waals surface area contributed by atoms with Crippen LogP contribution in [0.25, 0.3) is 0 Å². The summed E-state index contributed by atoms with van der Waals surface area (Å²) < 4.78 is 4.45. The van der Waals surface area contributed by atoms with E-state index in [0.717, 1.165) is 18.6 Å². The standard InChI is InChI=1S/C10H18O3S/c1-13-10(12)7-6-9(11)5-3-4-8-14-2/h3-8H2,1-2H3. The van der Waals surface area contributed by atoms with Crippen LogP contribution in [0.2, 0.25) is 0 Å². The highest BCUT2D eigenvalue weighted by Gasteiger charge is 2.06. The second-order valence-corrected chi connectivity index (χ2v) is 4.05. The lowest BCUT2D eigenvalue weighted by molar-refractivity contribution is -0.141. The predicted molar refractivity (Wildman–Crippen MR) is 58.5 cm³/mol. The number of rotatable bonds is 8. The second-order valence-electron chi connectivity index (χ2n) is 3.06. The fourth-order valence-corrected chi connectivity index (χ4v) is 1.53. The van der Waals surface area contributed by atoms with Crippen LogP contribution in [0.15, 0.2) is 0 Å². The van der Waals surface area contributed by atoms with Crippen molar-refractivity contribution >= 4 is 23.5 Å². The number of carbonyl (C=O) groups excluding carboxylic acids is 2. The molecule has 0 radical (unpaired) electrons. The summed E-state index contributed by atoms with van der Waals surface area (Å²) in [7, 11) is 1.34. The van der Waals surface area contributed by atoms with Crippen molar-refractivity contribution in [2.75, 3.05) is 19.1 Å². The lowest BCUT2D eigenvalue weighted by Gasteiger charge is -2.00. The largest absolute Gasteiger partial charge is 0.469 e. The molecule has 0 aliphatic rings. The maximum absolute atomic E-state index is 11.2. The van der Waals surface area contributed by atoms with Crippen LogP contribution in [0.3, 0.4) is 0 Å². The lowest BCUT2D eigenvalue weighted by Crippen LogP contribution is -2.05. The van der Waals surface area contributed by atoms with Crippen LogP contribution in [0.1, 0.15) is 32.1 Å². The average molecular weight is 218 g/mol. The Morgan fingerprint density at radius 1 is 1.14 bits per heavy atom. The van der Waals surface area contributed by atoms with Crippen LogP contribution in [0, 0.1) is 0 Å². The lowest BCUT2D eigenvalue weighted by atomic mass is 10.1. The molecule has 0 bridgehead atoms. The summed E-state index contributed by atoms with van der Waals surface area (Å²) in [6.07, 6.45) is 5.20. The topological polar surface area (TPSA) is 43.4 Å². The summed E-state index contributed by atoms with van der Waals surface area (Å²) in [6.45, 7) is 0. The van der Waals surface area contributed by atoms with Crippen LogP contribution in [0.4, 0.5) is 0 Å². The number of carbonyl (C=O) groups is 2. The Kier molecular flexibility index (Phi) is 8.73. The maximum Gasteiger partial charge on any atom is 0.305 e. The van der Waals surface area contributed by atoms with E-state index in [1.165, 1.54) is 7.11 Å². The number of methoxy groups -OCH3 is 1. The molecule has 0 rings (SSSR count). The number of hydrogen-bond donors (Lipinski definition) is 0. The molecule has 0 spiro atoms. The van der Waals surface area contributed by atoms with Crippen molar-refractivity contribution in [1.29, 1.82) is 0 Å². The molecular formula is C10H18O3S. The maximum atomic E-state index is 11.2. The second kappa shape index (κ2) is 9.06. The minimum atomic E-state index is -0.303. The van der Waals surface area contributed by atoms with Crippen molar-refractivity contribution in [2.45, 2.75) is 32.1 Å². The molecule has 0 aliphatic heterocycles. The summed E-state index contributed by atoms with van der Waals surface area (Å²) >= 11 is 1.79. The van der Waals surface area contributed by atoms with Crippen LogP contribution in [0.5, 0.6) is 0 Å².